The zero-order valence-electron chi connectivity index (χ0n) is 9.36. The first-order chi connectivity index (χ1) is 7.92. The van der Waals surface area contributed by atoms with Crippen molar-refractivity contribution < 1.29 is 4.74 Å². The molecule has 0 atom stereocenters. The van der Waals surface area contributed by atoms with Crippen LogP contribution in [0.25, 0.3) is 10.8 Å². The molecule has 2 aromatic rings. The van der Waals surface area contributed by atoms with Gasteiger partial charge in [-0.25, -0.2) is 0 Å². The summed E-state index contributed by atoms with van der Waals surface area (Å²) in [6.07, 6.45) is 0.874. The van der Waals surface area contributed by atoms with E-state index in [0.29, 0.717) is 6.61 Å². The summed E-state index contributed by atoms with van der Waals surface area (Å²) in [5, 5.41) is 2.34. The molecule has 0 radical (unpaired) electrons. The summed E-state index contributed by atoms with van der Waals surface area (Å²) in [4.78, 5) is 0. The van der Waals surface area contributed by atoms with E-state index in [0.717, 1.165) is 17.6 Å². The molecule has 0 unspecified atom stereocenters. The van der Waals surface area contributed by atoms with Gasteiger partial charge in [0, 0.05) is 11.8 Å². The Morgan fingerprint density at radius 1 is 1.00 bits per heavy atom. The van der Waals surface area contributed by atoms with Crippen LogP contribution in [-0.4, -0.2) is 6.61 Å². The van der Waals surface area contributed by atoms with Gasteiger partial charge in [-0.15, -0.1) is 5.92 Å². The highest BCUT2D eigenvalue weighted by Crippen LogP contribution is 2.24. The average molecular weight is 210 g/mol. The van der Waals surface area contributed by atoms with Crippen LogP contribution >= 0.6 is 0 Å². The molecule has 2 aromatic carbocycles. The maximum absolute atomic E-state index is 5.65. The Kier molecular flexibility index (Phi) is 3.46. The van der Waals surface area contributed by atoms with Crippen molar-refractivity contribution in [3.63, 3.8) is 0 Å². The number of rotatable bonds is 2. The molecular weight excluding hydrogens is 196 g/mol. The van der Waals surface area contributed by atoms with Gasteiger partial charge in [-0.3, -0.25) is 0 Å². The lowest BCUT2D eigenvalue weighted by molar-refractivity contribution is 0.374. The number of fused-ring (bicyclic) bond motifs is 1. The van der Waals surface area contributed by atoms with E-state index in [1.807, 2.05) is 31.2 Å². The molecule has 0 amide bonds. The van der Waals surface area contributed by atoms with Gasteiger partial charge in [-0.1, -0.05) is 49.2 Å². The van der Waals surface area contributed by atoms with Crippen LogP contribution in [0, 0.1) is 11.8 Å². The van der Waals surface area contributed by atoms with Crippen molar-refractivity contribution in [3.05, 3.63) is 42.5 Å². The summed E-state index contributed by atoms with van der Waals surface area (Å²) in [5.74, 6) is 6.87. The number of benzene rings is 2. The lowest BCUT2D eigenvalue weighted by Crippen LogP contribution is -1.94. The Balaban J connectivity index is 2.23. The first kappa shape index (κ1) is 10.6. The molecule has 0 heterocycles. The third-order valence-electron chi connectivity index (χ3n) is 2.35. The van der Waals surface area contributed by atoms with Crippen LogP contribution in [0.5, 0.6) is 5.75 Å². The highest BCUT2D eigenvalue weighted by Gasteiger charge is 1.99. The van der Waals surface area contributed by atoms with E-state index < -0.39 is 0 Å². The van der Waals surface area contributed by atoms with E-state index >= 15 is 0 Å². The van der Waals surface area contributed by atoms with Gasteiger partial charge in [0.1, 0.15) is 12.4 Å². The highest BCUT2D eigenvalue weighted by atomic mass is 16.5. The lowest BCUT2D eigenvalue weighted by Gasteiger charge is -2.05. The summed E-state index contributed by atoms with van der Waals surface area (Å²) in [6, 6.07) is 14.3. The van der Waals surface area contributed by atoms with Crippen LogP contribution in [0.4, 0.5) is 0 Å². The molecule has 2 rings (SSSR count). The molecule has 0 saturated carbocycles. The minimum Gasteiger partial charge on any atom is -0.480 e. The number of hydrogen-bond donors (Lipinski definition) is 0. The van der Waals surface area contributed by atoms with Crippen LogP contribution in [0.1, 0.15) is 13.3 Å². The number of hydrogen-bond acceptors (Lipinski definition) is 1. The third kappa shape index (κ3) is 2.35. The molecule has 0 spiro atoms. The fourth-order valence-corrected chi connectivity index (χ4v) is 1.61. The van der Waals surface area contributed by atoms with Crippen molar-refractivity contribution in [1.29, 1.82) is 0 Å². The average Bonchev–Trinajstić information content (AvgIpc) is 2.35. The van der Waals surface area contributed by atoms with Gasteiger partial charge < -0.3 is 4.74 Å². The van der Waals surface area contributed by atoms with Crippen LogP contribution in [0.2, 0.25) is 0 Å². The minimum absolute atomic E-state index is 0.460. The Morgan fingerprint density at radius 2 is 1.81 bits per heavy atom. The van der Waals surface area contributed by atoms with Crippen LogP contribution in [-0.2, 0) is 0 Å². The van der Waals surface area contributed by atoms with Crippen molar-refractivity contribution in [1.82, 2.24) is 0 Å². The molecule has 0 N–H and O–H groups in total. The molecule has 0 aliphatic rings. The molecule has 16 heavy (non-hydrogen) atoms. The maximum atomic E-state index is 5.65. The van der Waals surface area contributed by atoms with Crippen LogP contribution in [0.3, 0.4) is 0 Å². The summed E-state index contributed by atoms with van der Waals surface area (Å²) >= 11 is 0. The molecule has 1 nitrogen and oxygen atoms in total. The molecule has 0 bridgehead atoms. The number of ether oxygens (including phenoxy) is 1. The van der Waals surface area contributed by atoms with Gasteiger partial charge in [0.15, 0.2) is 0 Å². The summed E-state index contributed by atoms with van der Waals surface area (Å²) in [7, 11) is 0. The molecule has 0 aliphatic carbocycles. The fourth-order valence-electron chi connectivity index (χ4n) is 1.61. The molecule has 0 aliphatic heterocycles. The predicted molar refractivity (Wildman–Crippen MR) is 67.5 cm³/mol. The molecular formula is C15H14O. The highest BCUT2D eigenvalue weighted by molar-refractivity contribution is 5.88. The molecule has 1 heteroatoms. The normalized spacial score (nSPS) is 9.56. The van der Waals surface area contributed by atoms with E-state index in [1.54, 1.807) is 0 Å². The van der Waals surface area contributed by atoms with Gasteiger partial charge >= 0.3 is 0 Å². The smallest absolute Gasteiger partial charge is 0.149 e. The van der Waals surface area contributed by atoms with E-state index in [4.69, 9.17) is 4.74 Å². The summed E-state index contributed by atoms with van der Waals surface area (Å²) in [5.41, 5.74) is 0. The van der Waals surface area contributed by atoms with E-state index in [2.05, 4.69) is 30.0 Å². The zero-order chi connectivity index (χ0) is 11.2. The third-order valence-corrected chi connectivity index (χ3v) is 2.35. The Hall–Kier alpha value is -1.94. The Bertz CT molecular complexity index is 526. The summed E-state index contributed by atoms with van der Waals surface area (Å²) < 4.78 is 5.65. The molecule has 0 saturated heterocycles. The molecule has 0 fully saturated rings. The molecule has 80 valence electrons. The van der Waals surface area contributed by atoms with Gasteiger partial charge in [-0.2, -0.15) is 0 Å². The SMILES string of the molecule is CCC#CCOc1cccc2ccccc12. The first-order valence-electron chi connectivity index (χ1n) is 5.48. The van der Waals surface area contributed by atoms with Crippen LogP contribution < -0.4 is 4.74 Å². The van der Waals surface area contributed by atoms with Crippen molar-refractivity contribution in [2.75, 3.05) is 6.61 Å². The topological polar surface area (TPSA) is 9.23 Å². The second-order valence-corrected chi connectivity index (χ2v) is 3.47. The lowest BCUT2D eigenvalue weighted by atomic mass is 10.1. The second kappa shape index (κ2) is 5.23. The van der Waals surface area contributed by atoms with Crippen molar-refractivity contribution in [2.45, 2.75) is 13.3 Å². The minimum atomic E-state index is 0.460. The summed E-state index contributed by atoms with van der Waals surface area (Å²) in [6.45, 7) is 2.49. The molecule has 0 aromatic heterocycles. The van der Waals surface area contributed by atoms with Crippen molar-refractivity contribution in [3.8, 4) is 17.6 Å². The first-order valence-corrected chi connectivity index (χ1v) is 5.48. The Morgan fingerprint density at radius 3 is 2.69 bits per heavy atom. The Labute approximate surface area is 96.1 Å². The van der Waals surface area contributed by atoms with Gasteiger partial charge in [0.25, 0.3) is 0 Å². The van der Waals surface area contributed by atoms with Crippen molar-refractivity contribution in [2.24, 2.45) is 0 Å². The quantitative estimate of drug-likeness (QED) is 0.688. The monoisotopic (exact) mass is 210 g/mol. The van der Waals surface area contributed by atoms with E-state index in [-0.39, 0.29) is 0 Å². The van der Waals surface area contributed by atoms with Gasteiger partial charge in [0.2, 0.25) is 0 Å². The predicted octanol–water partition coefficient (Wildman–Crippen LogP) is 3.63. The zero-order valence-corrected chi connectivity index (χ0v) is 9.36. The van der Waals surface area contributed by atoms with Gasteiger partial charge in [-0.05, 0) is 11.5 Å². The largest absolute Gasteiger partial charge is 0.480 e. The fraction of sp³-hybridized carbons (Fsp3) is 0.200. The van der Waals surface area contributed by atoms with Crippen LogP contribution in [0.15, 0.2) is 42.5 Å². The van der Waals surface area contributed by atoms with Gasteiger partial charge in [0.05, 0.1) is 0 Å². The van der Waals surface area contributed by atoms with E-state index in [9.17, 15) is 0 Å². The standard InChI is InChI=1S/C15H14O/c1-2-3-6-12-16-15-11-7-9-13-8-4-5-10-14(13)15/h4-5,7-11H,2,12H2,1H3. The maximum Gasteiger partial charge on any atom is 0.149 e. The van der Waals surface area contributed by atoms with Crippen molar-refractivity contribution >= 4 is 10.8 Å². The van der Waals surface area contributed by atoms with E-state index in [1.165, 1.54) is 5.39 Å². The second-order valence-electron chi connectivity index (χ2n) is 3.47.